The van der Waals surface area contributed by atoms with E-state index in [-0.39, 0.29) is 23.8 Å². The van der Waals surface area contributed by atoms with Gasteiger partial charge in [-0.2, -0.15) is 0 Å². The zero-order chi connectivity index (χ0) is 15.4. The van der Waals surface area contributed by atoms with Gasteiger partial charge < -0.3 is 10.2 Å². The van der Waals surface area contributed by atoms with Crippen molar-refractivity contribution >= 4 is 23.4 Å². The minimum atomic E-state index is -0.216. The Morgan fingerprint density at radius 1 is 1.48 bits per heavy atom. The minimum Gasteiger partial charge on any atom is -0.347 e. The van der Waals surface area contributed by atoms with Crippen molar-refractivity contribution in [3.63, 3.8) is 0 Å². The molecule has 0 saturated carbocycles. The van der Waals surface area contributed by atoms with Gasteiger partial charge in [0.2, 0.25) is 5.91 Å². The van der Waals surface area contributed by atoms with Crippen molar-refractivity contribution in [2.75, 3.05) is 13.1 Å². The van der Waals surface area contributed by atoms with Crippen LogP contribution in [0.4, 0.5) is 0 Å². The molecule has 1 saturated heterocycles. The first kappa shape index (κ1) is 15.8. The van der Waals surface area contributed by atoms with Gasteiger partial charge in [0, 0.05) is 37.4 Å². The first-order chi connectivity index (χ1) is 9.99. The standard InChI is InChI=1S/C15H20ClN3O2/c1-10(2)15(21)19-7-3-4-11(9-19)18-14(20)12-5-6-17-8-13(12)16/h5-6,8,10-11H,3-4,7,9H2,1-2H3,(H,18,20)/t11-/m1/s1. The number of carbonyl (C=O) groups is 2. The molecule has 2 heterocycles. The molecule has 0 radical (unpaired) electrons. The van der Waals surface area contributed by atoms with E-state index in [1.165, 1.54) is 12.4 Å². The number of carbonyl (C=O) groups excluding carboxylic acids is 2. The monoisotopic (exact) mass is 309 g/mol. The SMILES string of the molecule is CC(C)C(=O)N1CCC[C@@H](NC(=O)c2ccncc2Cl)C1. The summed E-state index contributed by atoms with van der Waals surface area (Å²) in [6, 6.07) is 1.57. The van der Waals surface area contributed by atoms with Crippen LogP contribution in [0.25, 0.3) is 0 Å². The lowest BCUT2D eigenvalue weighted by Crippen LogP contribution is -2.50. The molecule has 21 heavy (non-hydrogen) atoms. The van der Waals surface area contributed by atoms with Gasteiger partial charge in [-0.3, -0.25) is 14.6 Å². The highest BCUT2D eigenvalue weighted by Gasteiger charge is 2.26. The van der Waals surface area contributed by atoms with Crippen LogP contribution in [0.15, 0.2) is 18.5 Å². The molecule has 0 aromatic carbocycles. The van der Waals surface area contributed by atoms with E-state index in [2.05, 4.69) is 10.3 Å². The number of halogens is 1. The van der Waals surface area contributed by atoms with Crippen molar-refractivity contribution in [1.82, 2.24) is 15.2 Å². The van der Waals surface area contributed by atoms with Crippen molar-refractivity contribution < 1.29 is 9.59 Å². The van der Waals surface area contributed by atoms with E-state index in [0.29, 0.717) is 17.1 Å². The lowest BCUT2D eigenvalue weighted by atomic mass is 10.0. The molecule has 2 amide bonds. The second kappa shape index (κ2) is 6.89. The van der Waals surface area contributed by atoms with E-state index >= 15 is 0 Å². The number of hydrogen-bond donors (Lipinski definition) is 1. The van der Waals surface area contributed by atoms with E-state index < -0.39 is 0 Å². The van der Waals surface area contributed by atoms with Gasteiger partial charge in [-0.25, -0.2) is 0 Å². The zero-order valence-corrected chi connectivity index (χ0v) is 13.1. The molecule has 1 atom stereocenters. The molecule has 1 aliphatic rings. The van der Waals surface area contributed by atoms with Crippen molar-refractivity contribution in [3.8, 4) is 0 Å². The Morgan fingerprint density at radius 2 is 2.24 bits per heavy atom. The Kier molecular flexibility index (Phi) is 5.17. The summed E-state index contributed by atoms with van der Waals surface area (Å²) >= 11 is 5.97. The van der Waals surface area contributed by atoms with Crippen LogP contribution in [-0.2, 0) is 4.79 Å². The number of amides is 2. The van der Waals surface area contributed by atoms with Gasteiger partial charge in [-0.05, 0) is 18.9 Å². The Bertz CT molecular complexity index is 533. The molecule has 0 spiro atoms. The number of likely N-dealkylation sites (tertiary alicyclic amines) is 1. The fraction of sp³-hybridized carbons (Fsp3) is 0.533. The highest BCUT2D eigenvalue weighted by molar-refractivity contribution is 6.33. The van der Waals surface area contributed by atoms with Crippen LogP contribution in [0.3, 0.4) is 0 Å². The second-order valence-electron chi connectivity index (χ2n) is 5.61. The summed E-state index contributed by atoms with van der Waals surface area (Å²) in [5.41, 5.74) is 0.416. The van der Waals surface area contributed by atoms with Gasteiger partial charge in [-0.15, -0.1) is 0 Å². The summed E-state index contributed by atoms with van der Waals surface area (Å²) in [6.45, 7) is 5.10. The highest BCUT2D eigenvalue weighted by atomic mass is 35.5. The summed E-state index contributed by atoms with van der Waals surface area (Å²) in [5.74, 6) is -0.101. The summed E-state index contributed by atoms with van der Waals surface area (Å²) in [7, 11) is 0. The predicted molar refractivity (Wildman–Crippen MR) is 81.2 cm³/mol. The van der Waals surface area contributed by atoms with Gasteiger partial charge in [0.05, 0.1) is 10.6 Å². The molecule has 6 heteroatoms. The Hall–Kier alpha value is -1.62. The van der Waals surface area contributed by atoms with Crippen molar-refractivity contribution in [3.05, 3.63) is 29.0 Å². The lowest BCUT2D eigenvalue weighted by molar-refractivity contribution is -0.135. The largest absolute Gasteiger partial charge is 0.347 e. The number of nitrogens with one attached hydrogen (secondary N) is 1. The summed E-state index contributed by atoms with van der Waals surface area (Å²) in [4.78, 5) is 29.9. The number of aromatic nitrogens is 1. The van der Waals surface area contributed by atoms with Gasteiger partial charge in [-0.1, -0.05) is 25.4 Å². The summed E-state index contributed by atoms with van der Waals surface area (Å²) in [5, 5.41) is 3.29. The smallest absolute Gasteiger partial charge is 0.253 e. The van der Waals surface area contributed by atoms with Gasteiger partial charge in [0.1, 0.15) is 0 Å². The third-order valence-electron chi connectivity index (χ3n) is 3.58. The summed E-state index contributed by atoms with van der Waals surface area (Å²) < 4.78 is 0. The zero-order valence-electron chi connectivity index (χ0n) is 12.3. The van der Waals surface area contributed by atoms with Gasteiger partial charge in [0.25, 0.3) is 5.91 Å². The molecule has 0 unspecified atom stereocenters. The maximum absolute atomic E-state index is 12.2. The molecular weight excluding hydrogens is 290 g/mol. The third-order valence-corrected chi connectivity index (χ3v) is 3.88. The van der Waals surface area contributed by atoms with E-state index in [0.717, 1.165) is 19.4 Å². The van der Waals surface area contributed by atoms with E-state index in [1.807, 2.05) is 18.7 Å². The maximum Gasteiger partial charge on any atom is 0.253 e. The molecular formula is C15H20ClN3O2. The average molecular weight is 310 g/mol. The fourth-order valence-corrected chi connectivity index (χ4v) is 2.69. The Labute approximate surface area is 129 Å². The predicted octanol–water partition coefficient (Wildman–Crippen LogP) is 2.11. The first-order valence-electron chi connectivity index (χ1n) is 7.18. The van der Waals surface area contributed by atoms with Gasteiger partial charge in [0.15, 0.2) is 0 Å². The number of rotatable bonds is 3. The molecule has 5 nitrogen and oxygen atoms in total. The van der Waals surface area contributed by atoms with Crippen LogP contribution in [0.1, 0.15) is 37.0 Å². The maximum atomic E-state index is 12.2. The lowest BCUT2D eigenvalue weighted by Gasteiger charge is -2.34. The van der Waals surface area contributed by atoms with Crippen LogP contribution >= 0.6 is 11.6 Å². The second-order valence-corrected chi connectivity index (χ2v) is 6.01. The van der Waals surface area contributed by atoms with Crippen LogP contribution < -0.4 is 5.32 Å². The summed E-state index contributed by atoms with van der Waals surface area (Å²) in [6.07, 6.45) is 4.76. The minimum absolute atomic E-state index is 0.0194. The molecule has 1 N–H and O–H groups in total. The molecule has 1 fully saturated rings. The first-order valence-corrected chi connectivity index (χ1v) is 7.56. The molecule has 1 aliphatic heterocycles. The Balaban J connectivity index is 1.98. The number of piperidine rings is 1. The number of pyridine rings is 1. The van der Waals surface area contributed by atoms with Gasteiger partial charge >= 0.3 is 0 Å². The molecule has 2 rings (SSSR count). The Morgan fingerprint density at radius 3 is 2.90 bits per heavy atom. The molecule has 0 bridgehead atoms. The average Bonchev–Trinajstić information content (AvgIpc) is 2.47. The molecule has 114 valence electrons. The van der Waals surface area contributed by atoms with Crippen molar-refractivity contribution in [2.24, 2.45) is 5.92 Å². The van der Waals surface area contributed by atoms with E-state index in [4.69, 9.17) is 11.6 Å². The van der Waals surface area contributed by atoms with E-state index in [9.17, 15) is 9.59 Å². The molecule has 1 aromatic rings. The fourth-order valence-electron chi connectivity index (χ4n) is 2.48. The van der Waals surface area contributed by atoms with Crippen LogP contribution in [0.2, 0.25) is 5.02 Å². The highest BCUT2D eigenvalue weighted by Crippen LogP contribution is 2.16. The number of nitrogens with zero attached hydrogens (tertiary/aromatic N) is 2. The molecule has 1 aromatic heterocycles. The molecule has 0 aliphatic carbocycles. The topological polar surface area (TPSA) is 62.3 Å². The van der Waals surface area contributed by atoms with Crippen LogP contribution in [0, 0.1) is 5.92 Å². The normalized spacial score (nSPS) is 18.7. The van der Waals surface area contributed by atoms with Crippen molar-refractivity contribution in [1.29, 1.82) is 0 Å². The third kappa shape index (κ3) is 3.94. The van der Waals surface area contributed by atoms with Crippen LogP contribution in [0.5, 0.6) is 0 Å². The number of hydrogen-bond acceptors (Lipinski definition) is 3. The van der Waals surface area contributed by atoms with E-state index in [1.54, 1.807) is 6.07 Å². The van der Waals surface area contributed by atoms with Crippen molar-refractivity contribution in [2.45, 2.75) is 32.7 Å². The van der Waals surface area contributed by atoms with Crippen LogP contribution in [-0.4, -0.2) is 40.8 Å². The quantitative estimate of drug-likeness (QED) is 0.930.